The number of hydrogen-bond donors (Lipinski definition) is 3. The van der Waals surface area contributed by atoms with E-state index in [4.69, 9.17) is 5.73 Å². The van der Waals surface area contributed by atoms with Crippen molar-refractivity contribution in [3.8, 4) is 0 Å². The molecule has 0 aromatic heterocycles. The van der Waals surface area contributed by atoms with E-state index >= 15 is 0 Å². The molecule has 96 valence electrons. The largest absolute Gasteiger partial charge is 0.398 e. The molecule has 1 rings (SSSR count). The van der Waals surface area contributed by atoms with E-state index in [2.05, 4.69) is 19.2 Å². The van der Waals surface area contributed by atoms with Crippen LogP contribution in [0.15, 0.2) is 18.2 Å². The Kier molecular flexibility index (Phi) is 4.40. The fraction of sp³-hybridized carbons (Fsp3) is 0.571. The number of nitrogens with two attached hydrogens (primary N) is 1. The van der Waals surface area contributed by atoms with Crippen molar-refractivity contribution in [1.29, 1.82) is 0 Å². The van der Waals surface area contributed by atoms with Crippen molar-refractivity contribution in [3.63, 3.8) is 0 Å². The Labute approximate surface area is 104 Å². The summed E-state index contributed by atoms with van der Waals surface area (Å²) in [5.74, 6) is 0.480. The predicted octanol–water partition coefficient (Wildman–Crippen LogP) is 2.79. The molecule has 0 amide bonds. The minimum atomic E-state index is -0.689. The van der Waals surface area contributed by atoms with Gasteiger partial charge in [0, 0.05) is 17.9 Å². The number of anilines is 2. The van der Waals surface area contributed by atoms with Crippen LogP contribution in [0.3, 0.4) is 0 Å². The second kappa shape index (κ2) is 5.41. The van der Waals surface area contributed by atoms with Crippen LogP contribution in [-0.2, 0) is 0 Å². The Morgan fingerprint density at radius 2 is 2.06 bits per heavy atom. The number of benzene rings is 1. The molecule has 4 N–H and O–H groups in total. The highest BCUT2D eigenvalue weighted by Crippen LogP contribution is 2.22. The molecule has 0 radical (unpaired) electrons. The molecular weight excluding hydrogens is 212 g/mol. The number of nitrogen functional groups attached to an aromatic ring is 1. The van der Waals surface area contributed by atoms with Gasteiger partial charge in [-0.15, -0.1) is 0 Å². The van der Waals surface area contributed by atoms with Gasteiger partial charge in [-0.2, -0.15) is 0 Å². The van der Waals surface area contributed by atoms with E-state index in [-0.39, 0.29) is 0 Å². The van der Waals surface area contributed by atoms with Gasteiger partial charge in [-0.3, -0.25) is 0 Å². The zero-order chi connectivity index (χ0) is 13.1. The summed E-state index contributed by atoms with van der Waals surface area (Å²) in [6.45, 7) is 8.60. The molecule has 1 atom stereocenters. The summed E-state index contributed by atoms with van der Waals surface area (Å²) in [5.41, 5.74) is 7.95. The van der Waals surface area contributed by atoms with E-state index < -0.39 is 5.60 Å². The number of nitrogens with one attached hydrogen (secondary N) is 1. The van der Waals surface area contributed by atoms with Crippen LogP contribution in [0, 0.1) is 12.8 Å². The SMILES string of the molecule is Cc1c(N)cccc1NCC(C)(O)CC(C)C. The molecule has 0 aliphatic heterocycles. The first-order chi connectivity index (χ1) is 7.82. The van der Waals surface area contributed by atoms with Gasteiger partial charge in [0.05, 0.1) is 5.60 Å². The molecule has 0 saturated carbocycles. The lowest BCUT2D eigenvalue weighted by molar-refractivity contribution is 0.0515. The molecule has 17 heavy (non-hydrogen) atoms. The third-order valence-corrected chi connectivity index (χ3v) is 2.88. The van der Waals surface area contributed by atoms with Crippen molar-refractivity contribution in [3.05, 3.63) is 23.8 Å². The van der Waals surface area contributed by atoms with Gasteiger partial charge in [-0.05, 0) is 43.9 Å². The van der Waals surface area contributed by atoms with Gasteiger partial charge in [0.1, 0.15) is 0 Å². The molecule has 1 unspecified atom stereocenters. The summed E-state index contributed by atoms with van der Waals surface area (Å²) in [6, 6.07) is 5.78. The number of aliphatic hydroxyl groups is 1. The van der Waals surface area contributed by atoms with Crippen molar-refractivity contribution in [2.45, 2.75) is 39.7 Å². The van der Waals surface area contributed by atoms with Crippen molar-refractivity contribution < 1.29 is 5.11 Å². The number of rotatable bonds is 5. The van der Waals surface area contributed by atoms with Crippen LogP contribution in [0.5, 0.6) is 0 Å². The van der Waals surface area contributed by atoms with Gasteiger partial charge in [-0.1, -0.05) is 19.9 Å². The Morgan fingerprint density at radius 1 is 1.41 bits per heavy atom. The van der Waals surface area contributed by atoms with Crippen LogP contribution in [0.4, 0.5) is 11.4 Å². The Bertz CT molecular complexity index is 372. The van der Waals surface area contributed by atoms with Gasteiger partial charge in [0.2, 0.25) is 0 Å². The third-order valence-electron chi connectivity index (χ3n) is 2.88. The minimum Gasteiger partial charge on any atom is -0.398 e. The second-order valence-electron chi connectivity index (χ2n) is 5.47. The van der Waals surface area contributed by atoms with Gasteiger partial charge < -0.3 is 16.2 Å². The van der Waals surface area contributed by atoms with Crippen molar-refractivity contribution in [1.82, 2.24) is 0 Å². The highest BCUT2D eigenvalue weighted by atomic mass is 16.3. The van der Waals surface area contributed by atoms with Crippen molar-refractivity contribution in [2.24, 2.45) is 5.92 Å². The second-order valence-corrected chi connectivity index (χ2v) is 5.47. The van der Waals surface area contributed by atoms with E-state index in [1.54, 1.807) is 0 Å². The van der Waals surface area contributed by atoms with Crippen LogP contribution in [0.25, 0.3) is 0 Å². The van der Waals surface area contributed by atoms with Crippen LogP contribution in [-0.4, -0.2) is 17.3 Å². The van der Waals surface area contributed by atoms with E-state index in [1.165, 1.54) is 0 Å². The average Bonchev–Trinajstić information content (AvgIpc) is 2.18. The topological polar surface area (TPSA) is 58.3 Å². The predicted molar refractivity (Wildman–Crippen MR) is 74.2 cm³/mol. The van der Waals surface area contributed by atoms with Crippen molar-refractivity contribution in [2.75, 3.05) is 17.6 Å². The zero-order valence-corrected chi connectivity index (χ0v) is 11.2. The maximum absolute atomic E-state index is 10.2. The highest BCUT2D eigenvalue weighted by molar-refractivity contribution is 5.62. The van der Waals surface area contributed by atoms with Crippen LogP contribution in [0.1, 0.15) is 32.8 Å². The van der Waals surface area contributed by atoms with Gasteiger partial charge in [0.25, 0.3) is 0 Å². The van der Waals surface area contributed by atoms with E-state index in [0.29, 0.717) is 12.5 Å². The summed E-state index contributed by atoms with van der Waals surface area (Å²) in [6.07, 6.45) is 0.779. The average molecular weight is 236 g/mol. The third kappa shape index (κ3) is 4.27. The first-order valence-electron chi connectivity index (χ1n) is 6.13. The lowest BCUT2D eigenvalue weighted by Crippen LogP contribution is -2.35. The molecule has 3 nitrogen and oxygen atoms in total. The lowest BCUT2D eigenvalue weighted by Gasteiger charge is -2.26. The summed E-state index contributed by atoms with van der Waals surface area (Å²) < 4.78 is 0. The first-order valence-corrected chi connectivity index (χ1v) is 6.13. The summed E-state index contributed by atoms with van der Waals surface area (Å²) in [4.78, 5) is 0. The molecular formula is C14H24N2O. The highest BCUT2D eigenvalue weighted by Gasteiger charge is 2.21. The van der Waals surface area contributed by atoms with Gasteiger partial charge in [-0.25, -0.2) is 0 Å². The maximum atomic E-state index is 10.2. The molecule has 1 aromatic rings. The Morgan fingerprint density at radius 3 is 2.65 bits per heavy atom. The van der Waals surface area contributed by atoms with Crippen LogP contribution >= 0.6 is 0 Å². The minimum absolute atomic E-state index is 0.480. The van der Waals surface area contributed by atoms with Crippen LogP contribution < -0.4 is 11.1 Å². The van der Waals surface area contributed by atoms with Gasteiger partial charge >= 0.3 is 0 Å². The summed E-state index contributed by atoms with van der Waals surface area (Å²) in [5, 5.41) is 13.5. The molecule has 0 heterocycles. The lowest BCUT2D eigenvalue weighted by atomic mass is 9.94. The standard InChI is InChI=1S/C14H24N2O/c1-10(2)8-14(4,17)9-16-13-7-5-6-12(15)11(13)3/h5-7,10,16-17H,8-9,15H2,1-4H3. The number of hydrogen-bond acceptors (Lipinski definition) is 3. The Hall–Kier alpha value is -1.22. The normalized spacial score (nSPS) is 14.7. The van der Waals surface area contributed by atoms with E-state index in [0.717, 1.165) is 23.4 Å². The molecule has 3 heteroatoms. The smallest absolute Gasteiger partial charge is 0.0793 e. The maximum Gasteiger partial charge on any atom is 0.0793 e. The molecule has 0 saturated heterocycles. The molecule has 0 fully saturated rings. The van der Waals surface area contributed by atoms with E-state index in [9.17, 15) is 5.11 Å². The molecule has 0 aliphatic rings. The molecule has 0 spiro atoms. The fourth-order valence-corrected chi connectivity index (χ4v) is 2.08. The Balaban J connectivity index is 2.64. The molecule has 0 aliphatic carbocycles. The molecule has 1 aromatic carbocycles. The quantitative estimate of drug-likeness (QED) is 0.689. The summed E-state index contributed by atoms with van der Waals surface area (Å²) in [7, 11) is 0. The first kappa shape index (κ1) is 13.8. The van der Waals surface area contributed by atoms with Gasteiger partial charge in [0.15, 0.2) is 0 Å². The monoisotopic (exact) mass is 236 g/mol. The zero-order valence-electron chi connectivity index (χ0n) is 11.2. The van der Waals surface area contributed by atoms with Crippen LogP contribution in [0.2, 0.25) is 0 Å². The fourth-order valence-electron chi connectivity index (χ4n) is 2.08. The van der Waals surface area contributed by atoms with E-state index in [1.807, 2.05) is 32.0 Å². The van der Waals surface area contributed by atoms with Crippen molar-refractivity contribution >= 4 is 11.4 Å². The summed E-state index contributed by atoms with van der Waals surface area (Å²) >= 11 is 0. The molecule has 0 bridgehead atoms.